The van der Waals surface area contributed by atoms with Crippen LogP contribution in [0.15, 0.2) is 12.3 Å². The number of carbonyl (C=O) groups excluding carboxylic acids is 2. The number of allylic oxidation sites excluding steroid dienone is 1. The lowest BCUT2D eigenvalue weighted by molar-refractivity contribution is -0.143. The molecule has 0 N–H and O–H groups in total. The maximum Gasteiger partial charge on any atom is 0.307 e. The smallest absolute Gasteiger partial charge is 0.307 e. The van der Waals surface area contributed by atoms with Gasteiger partial charge in [-0.05, 0) is 18.9 Å². The highest BCUT2D eigenvalue weighted by Gasteiger charge is 1.98. The number of rotatable bonds is 6. The minimum absolute atomic E-state index is 0.223. The van der Waals surface area contributed by atoms with E-state index in [-0.39, 0.29) is 11.9 Å². The van der Waals surface area contributed by atoms with E-state index in [0.717, 1.165) is 6.42 Å². The maximum absolute atomic E-state index is 10.9. The van der Waals surface area contributed by atoms with Gasteiger partial charge >= 0.3 is 11.9 Å². The second kappa shape index (κ2) is 8.29. The molecule has 0 aliphatic heterocycles. The van der Waals surface area contributed by atoms with E-state index in [0.29, 0.717) is 19.4 Å². The molecular weight excluding hydrogens is 184 g/mol. The van der Waals surface area contributed by atoms with Gasteiger partial charge in [0.25, 0.3) is 0 Å². The first-order chi connectivity index (χ1) is 6.66. The highest BCUT2D eigenvalue weighted by atomic mass is 16.5. The predicted octanol–water partition coefficient (Wildman–Crippen LogP) is 1.80. The van der Waals surface area contributed by atoms with E-state index in [1.54, 1.807) is 6.08 Å². The first kappa shape index (κ1) is 12.7. The molecule has 0 atom stereocenters. The maximum atomic E-state index is 10.9. The molecule has 0 radical (unpaired) electrons. The Labute approximate surface area is 83.9 Å². The highest BCUT2D eigenvalue weighted by molar-refractivity contribution is 5.69. The molecule has 0 saturated carbocycles. The summed E-state index contributed by atoms with van der Waals surface area (Å²) < 4.78 is 9.37. The molecule has 80 valence electrons. The van der Waals surface area contributed by atoms with Crippen molar-refractivity contribution in [3.05, 3.63) is 12.3 Å². The van der Waals surface area contributed by atoms with Crippen LogP contribution in [-0.2, 0) is 19.1 Å². The van der Waals surface area contributed by atoms with E-state index in [1.807, 2.05) is 6.92 Å². The average Bonchev–Trinajstić information content (AvgIpc) is 2.13. The van der Waals surface area contributed by atoms with Crippen molar-refractivity contribution in [1.82, 2.24) is 0 Å². The van der Waals surface area contributed by atoms with Gasteiger partial charge in [-0.15, -0.1) is 0 Å². The van der Waals surface area contributed by atoms with Crippen molar-refractivity contribution >= 4 is 11.9 Å². The summed E-state index contributed by atoms with van der Waals surface area (Å²) in [7, 11) is 0. The molecule has 4 nitrogen and oxygen atoms in total. The van der Waals surface area contributed by atoms with Crippen molar-refractivity contribution in [2.45, 2.75) is 33.1 Å². The van der Waals surface area contributed by atoms with Crippen LogP contribution in [0.1, 0.15) is 33.1 Å². The van der Waals surface area contributed by atoms with Crippen LogP contribution in [0.25, 0.3) is 0 Å². The molecule has 0 heterocycles. The molecule has 0 saturated heterocycles. The van der Waals surface area contributed by atoms with E-state index in [4.69, 9.17) is 4.74 Å². The minimum Gasteiger partial charge on any atom is -0.466 e. The first-order valence-electron chi connectivity index (χ1n) is 4.64. The Morgan fingerprint density at radius 2 is 2.07 bits per heavy atom. The zero-order valence-corrected chi connectivity index (χ0v) is 8.62. The van der Waals surface area contributed by atoms with Crippen LogP contribution in [0.3, 0.4) is 0 Å². The monoisotopic (exact) mass is 200 g/mol. The van der Waals surface area contributed by atoms with Crippen molar-refractivity contribution in [2.75, 3.05) is 6.61 Å². The molecule has 0 unspecified atom stereocenters. The van der Waals surface area contributed by atoms with Crippen molar-refractivity contribution in [3.8, 4) is 0 Å². The van der Waals surface area contributed by atoms with Crippen molar-refractivity contribution < 1.29 is 19.1 Å². The molecule has 0 rings (SSSR count). The third-order valence-corrected chi connectivity index (χ3v) is 1.31. The highest BCUT2D eigenvalue weighted by Crippen LogP contribution is 1.95. The predicted molar refractivity (Wildman–Crippen MR) is 51.4 cm³/mol. The lowest BCUT2D eigenvalue weighted by Crippen LogP contribution is -2.04. The molecule has 14 heavy (non-hydrogen) atoms. The fourth-order valence-corrected chi connectivity index (χ4v) is 0.701. The molecule has 0 amide bonds. The van der Waals surface area contributed by atoms with Gasteiger partial charge in [0.15, 0.2) is 0 Å². The van der Waals surface area contributed by atoms with Gasteiger partial charge in [0.2, 0.25) is 0 Å². The lowest BCUT2D eigenvalue weighted by atomic mass is 10.3. The van der Waals surface area contributed by atoms with E-state index < -0.39 is 0 Å². The average molecular weight is 200 g/mol. The van der Waals surface area contributed by atoms with E-state index >= 15 is 0 Å². The molecule has 4 heteroatoms. The molecule has 0 spiro atoms. The van der Waals surface area contributed by atoms with E-state index in [1.165, 1.54) is 13.2 Å². The first-order valence-corrected chi connectivity index (χ1v) is 4.64. The summed E-state index contributed by atoms with van der Waals surface area (Å²) in [6, 6.07) is 0. The van der Waals surface area contributed by atoms with Crippen LogP contribution in [0.2, 0.25) is 0 Å². The third kappa shape index (κ3) is 8.77. The minimum atomic E-state index is -0.366. The van der Waals surface area contributed by atoms with E-state index in [9.17, 15) is 9.59 Å². The summed E-state index contributed by atoms with van der Waals surface area (Å²) in [6.07, 6.45) is 4.58. The summed E-state index contributed by atoms with van der Waals surface area (Å²) in [5, 5.41) is 0. The number of esters is 2. The lowest BCUT2D eigenvalue weighted by Gasteiger charge is -2.00. The number of ether oxygens (including phenoxy) is 2. The van der Waals surface area contributed by atoms with Crippen molar-refractivity contribution in [3.63, 3.8) is 0 Å². The van der Waals surface area contributed by atoms with E-state index in [2.05, 4.69) is 4.74 Å². The van der Waals surface area contributed by atoms with Crippen LogP contribution in [0.4, 0.5) is 0 Å². The third-order valence-electron chi connectivity index (χ3n) is 1.31. The number of hydrogen-bond donors (Lipinski definition) is 0. The quantitative estimate of drug-likeness (QED) is 0.484. The van der Waals surface area contributed by atoms with Gasteiger partial charge in [0.05, 0.1) is 12.9 Å². The summed E-state index contributed by atoms with van der Waals surface area (Å²) in [5.41, 5.74) is 0. The van der Waals surface area contributed by atoms with Crippen LogP contribution in [0.5, 0.6) is 0 Å². The number of carbonyl (C=O) groups is 2. The van der Waals surface area contributed by atoms with Gasteiger partial charge in [0.1, 0.15) is 0 Å². The van der Waals surface area contributed by atoms with Crippen molar-refractivity contribution in [1.29, 1.82) is 0 Å². The second-order valence-electron chi connectivity index (χ2n) is 2.74. The standard InChI is InChI=1S/C10H16O4/c1-3-7-14-10(12)6-4-5-8-13-9(2)11/h5,8H,3-4,6-7H2,1-2H3. The topological polar surface area (TPSA) is 52.6 Å². The van der Waals surface area contributed by atoms with Crippen LogP contribution < -0.4 is 0 Å². The van der Waals surface area contributed by atoms with Gasteiger partial charge in [-0.2, -0.15) is 0 Å². The summed E-state index contributed by atoms with van der Waals surface area (Å²) in [5.74, 6) is -0.589. The van der Waals surface area contributed by atoms with Crippen molar-refractivity contribution in [2.24, 2.45) is 0 Å². The van der Waals surface area contributed by atoms with Crippen LogP contribution in [0, 0.1) is 0 Å². The molecule has 0 aromatic rings. The molecule has 0 aliphatic carbocycles. The molecule has 0 bridgehead atoms. The SMILES string of the molecule is CCCOC(=O)CCC=COC(C)=O. The zero-order valence-electron chi connectivity index (χ0n) is 8.62. The normalized spacial score (nSPS) is 10.1. The van der Waals surface area contributed by atoms with Gasteiger partial charge < -0.3 is 9.47 Å². The Bertz CT molecular complexity index is 208. The molecule has 0 aliphatic rings. The van der Waals surface area contributed by atoms with Gasteiger partial charge in [-0.3, -0.25) is 9.59 Å². The summed E-state index contributed by atoms with van der Waals surface area (Å²) in [6.45, 7) is 3.72. The fourth-order valence-electron chi connectivity index (χ4n) is 0.701. The largest absolute Gasteiger partial charge is 0.466 e. The number of hydrogen-bond acceptors (Lipinski definition) is 4. The summed E-state index contributed by atoms with van der Waals surface area (Å²) in [4.78, 5) is 21.3. The van der Waals surface area contributed by atoms with Crippen LogP contribution in [-0.4, -0.2) is 18.5 Å². The Hall–Kier alpha value is -1.32. The van der Waals surface area contributed by atoms with Gasteiger partial charge in [-0.1, -0.05) is 6.92 Å². The Morgan fingerprint density at radius 1 is 1.36 bits per heavy atom. The fraction of sp³-hybridized carbons (Fsp3) is 0.600. The van der Waals surface area contributed by atoms with Gasteiger partial charge in [-0.25, -0.2) is 0 Å². The zero-order chi connectivity index (χ0) is 10.8. The Balaban J connectivity index is 3.39. The van der Waals surface area contributed by atoms with Crippen LogP contribution >= 0.6 is 0 Å². The summed E-state index contributed by atoms with van der Waals surface area (Å²) >= 11 is 0. The molecule has 0 aromatic carbocycles. The molecular formula is C10H16O4. The Morgan fingerprint density at radius 3 is 2.64 bits per heavy atom. The molecule has 0 aromatic heterocycles. The Kier molecular flexibility index (Phi) is 7.50. The molecule has 0 fully saturated rings. The second-order valence-corrected chi connectivity index (χ2v) is 2.74. The van der Waals surface area contributed by atoms with Gasteiger partial charge in [0, 0.05) is 13.3 Å².